The first kappa shape index (κ1) is 17.5. The Morgan fingerprint density at radius 3 is 2.65 bits per heavy atom. The minimum absolute atomic E-state index is 0.00466. The van der Waals surface area contributed by atoms with Crippen LogP contribution in [0.15, 0.2) is 59.0 Å². The Morgan fingerprint density at radius 1 is 1.19 bits per heavy atom. The number of carbonyl (C=O) groups excluding carboxylic acids is 1. The molecule has 0 bridgehead atoms. The van der Waals surface area contributed by atoms with Gasteiger partial charge >= 0.3 is 0 Å². The molecule has 0 saturated carbocycles. The van der Waals surface area contributed by atoms with Gasteiger partial charge in [0.05, 0.1) is 34.4 Å². The van der Waals surface area contributed by atoms with Crippen LogP contribution in [0, 0.1) is 10.1 Å². The maximum Gasteiger partial charge on any atom is 0.291 e. The molecule has 0 saturated heterocycles. The molecule has 1 amide bonds. The standard InChI is InChI=1S/C18H13ClN2O5/c1-25-11-6-7-12(15(10-11)21(23)24)16-8-9-17(26-16)18(22)20-14-5-3-2-4-13(14)19/h2-10H,1H3,(H,20,22). The van der Waals surface area contributed by atoms with Crippen LogP contribution in [0.1, 0.15) is 10.6 Å². The van der Waals surface area contributed by atoms with Crippen molar-refractivity contribution in [3.8, 4) is 17.1 Å². The number of nitrogens with zero attached hydrogens (tertiary/aromatic N) is 1. The fraction of sp³-hybridized carbons (Fsp3) is 0.0556. The normalized spacial score (nSPS) is 10.4. The first-order valence-electron chi connectivity index (χ1n) is 7.48. The molecular weight excluding hydrogens is 360 g/mol. The Kier molecular flexibility index (Phi) is 4.90. The Labute approximate surface area is 153 Å². The molecule has 0 unspecified atom stereocenters. The summed E-state index contributed by atoms with van der Waals surface area (Å²) in [7, 11) is 1.42. The molecule has 0 spiro atoms. The second kappa shape index (κ2) is 7.28. The van der Waals surface area contributed by atoms with Crippen LogP contribution >= 0.6 is 11.6 Å². The van der Waals surface area contributed by atoms with Crippen molar-refractivity contribution in [1.29, 1.82) is 0 Å². The van der Waals surface area contributed by atoms with Crippen LogP contribution in [-0.4, -0.2) is 17.9 Å². The summed E-state index contributed by atoms with van der Waals surface area (Å²) in [5, 5.41) is 14.3. The van der Waals surface area contributed by atoms with Crippen LogP contribution < -0.4 is 10.1 Å². The predicted molar refractivity (Wildman–Crippen MR) is 96.8 cm³/mol. The molecule has 1 heterocycles. The number of para-hydroxylation sites is 1. The number of rotatable bonds is 5. The van der Waals surface area contributed by atoms with E-state index in [1.807, 2.05) is 0 Å². The molecule has 0 aliphatic heterocycles. The van der Waals surface area contributed by atoms with Gasteiger partial charge in [-0.05, 0) is 36.4 Å². The molecule has 1 N–H and O–H groups in total. The van der Waals surface area contributed by atoms with Crippen LogP contribution in [0.3, 0.4) is 0 Å². The summed E-state index contributed by atoms with van der Waals surface area (Å²) >= 11 is 6.01. The van der Waals surface area contributed by atoms with Crippen molar-refractivity contribution in [2.45, 2.75) is 0 Å². The van der Waals surface area contributed by atoms with Crippen LogP contribution in [0.4, 0.5) is 11.4 Å². The zero-order chi connectivity index (χ0) is 18.7. The number of methoxy groups -OCH3 is 1. The summed E-state index contributed by atoms with van der Waals surface area (Å²) in [4.78, 5) is 23.1. The third-order valence-electron chi connectivity index (χ3n) is 3.62. The van der Waals surface area contributed by atoms with E-state index in [-0.39, 0.29) is 22.8 Å². The number of ether oxygens (including phenoxy) is 1. The average molecular weight is 373 g/mol. The van der Waals surface area contributed by atoms with Crippen molar-refractivity contribution in [3.63, 3.8) is 0 Å². The molecule has 0 radical (unpaired) electrons. The van der Waals surface area contributed by atoms with E-state index in [4.69, 9.17) is 20.8 Å². The Bertz CT molecular complexity index is 983. The van der Waals surface area contributed by atoms with E-state index in [1.54, 1.807) is 30.3 Å². The molecule has 132 valence electrons. The second-order valence-electron chi connectivity index (χ2n) is 5.24. The van der Waals surface area contributed by atoms with Gasteiger partial charge in [-0.3, -0.25) is 14.9 Å². The minimum Gasteiger partial charge on any atom is -0.497 e. The highest BCUT2D eigenvalue weighted by Gasteiger charge is 2.21. The van der Waals surface area contributed by atoms with Gasteiger partial charge in [-0.15, -0.1) is 0 Å². The lowest BCUT2D eigenvalue weighted by atomic mass is 10.1. The van der Waals surface area contributed by atoms with Gasteiger partial charge in [0.2, 0.25) is 0 Å². The van der Waals surface area contributed by atoms with Gasteiger partial charge in [-0.2, -0.15) is 0 Å². The minimum atomic E-state index is -0.538. The number of hydrogen-bond donors (Lipinski definition) is 1. The number of halogens is 1. The molecule has 0 aliphatic carbocycles. The highest BCUT2D eigenvalue weighted by Crippen LogP contribution is 2.34. The van der Waals surface area contributed by atoms with Crippen LogP contribution in [0.5, 0.6) is 5.75 Å². The lowest BCUT2D eigenvalue weighted by Gasteiger charge is -2.05. The number of hydrogen-bond acceptors (Lipinski definition) is 5. The number of furan rings is 1. The molecule has 8 heteroatoms. The van der Waals surface area contributed by atoms with E-state index in [9.17, 15) is 14.9 Å². The third-order valence-corrected chi connectivity index (χ3v) is 3.95. The maximum absolute atomic E-state index is 12.3. The van der Waals surface area contributed by atoms with Gasteiger partial charge in [-0.1, -0.05) is 23.7 Å². The first-order chi connectivity index (χ1) is 12.5. The van der Waals surface area contributed by atoms with Crippen molar-refractivity contribution in [1.82, 2.24) is 0 Å². The van der Waals surface area contributed by atoms with Crippen molar-refractivity contribution < 1.29 is 18.9 Å². The van der Waals surface area contributed by atoms with E-state index in [2.05, 4.69) is 5.32 Å². The van der Waals surface area contributed by atoms with Gasteiger partial charge < -0.3 is 14.5 Å². The number of nitro benzene ring substituents is 1. The molecule has 3 aromatic rings. The fourth-order valence-corrected chi connectivity index (χ4v) is 2.53. The summed E-state index contributed by atoms with van der Waals surface area (Å²) in [5.74, 6) is 0.0397. The highest BCUT2D eigenvalue weighted by molar-refractivity contribution is 6.33. The molecule has 3 rings (SSSR count). The molecule has 0 atom stereocenters. The summed E-state index contributed by atoms with van der Waals surface area (Å²) < 4.78 is 10.5. The first-order valence-corrected chi connectivity index (χ1v) is 7.86. The summed E-state index contributed by atoms with van der Waals surface area (Å²) in [6.07, 6.45) is 0. The number of nitro groups is 1. The number of anilines is 1. The topological polar surface area (TPSA) is 94.6 Å². The average Bonchev–Trinajstić information content (AvgIpc) is 3.13. The zero-order valence-corrected chi connectivity index (χ0v) is 14.3. The molecular formula is C18H13ClN2O5. The van der Waals surface area contributed by atoms with Crippen molar-refractivity contribution in [2.75, 3.05) is 12.4 Å². The monoisotopic (exact) mass is 372 g/mol. The van der Waals surface area contributed by atoms with Gasteiger partial charge in [-0.25, -0.2) is 0 Å². The van der Waals surface area contributed by atoms with Crippen LogP contribution in [0.2, 0.25) is 5.02 Å². The van der Waals surface area contributed by atoms with Crippen LogP contribution in [0.25, 0.3) is 11.3 Å². The van der Waals surface area contributed by atoms with Gasteiger partial charge in [0, 0.05) is 0 Å². The predicted octanol–water partition coefficient (Wildman–Crippen LogP) is 4.77. The van der Waals surface area contributed by atoms with Gasteiger partial charge in [0.15, 0.2) is 5.76 Å². The number of carbonyl (C=O) groups is 1. The van der Waals surface area contributed by atoms with E-state index >= 15 is 0 Å². The maximum atomic E-state index is 12.3. The largest absolute Gasteiger partial charge is 0.497 e. The fourth-order valence-electron chi connectivity index (χ4n) is 2.35. The molecule has 2 aromatic carbocycles. The van der Waals surface area contributed by atoms with E-state index < -0.39 is 10.8 Å². The molecule has 7 nitrogen and oxygen atoms in total. The zero-order valence-electron chi connectivity index (χ0n) is 13.6. The SMILES string of the molecule is COc1ccc(-c2ccc(C(=O)Nc3ccccc3Cl)o2)c([N+](=O)[O-])c1. The van der Waals surface area contributed by atoms with Crippen molar-refractivity contribution in [3.05, 3.63) is 75.5 Å². The lowest BCUT2D eigenvalue weighted by Crippen LogP contribution is -2.11. The summed E-state index contributed by atoms with van der Waals surface area (Å²) in [6, 6.07) is 14.1. The van der Waals surface area contributed by atoms with Crippen LogP contribution in [-0.2, 0) is 0 Å². The molecule has 0 fully saturated rings. The second-order valence-corrected chi connectivity index (χ2v) is 5.65. The Hall–Kier alpha value is -3.32. The number of benzene rings is 2. The van der Waals surface area contributed by atoms with Gasteiger partial charge in [0.25, 0.3) is 11.6 Å². The number of amides is 1. The Morgan fingerprint density at radius 2 is 1.96 bits per heavy atom. The molecule has 0 aliphatic rings. The van der Waals surface area contributed by atoms with Crippen molar-refractivity contribution >= 4 is 28.9 Å². The smallest absolute Gasteiger partial charge is 0.291 e. The Balaban J connectivity index is 1.89. The van der Waals surface area contributed by atoms with E-state index in [1.165, 1.54) is 31.4 Å². The lowest BCUT2D eigenvalue weighted by molar-refractivity contribution is -0.384. The van der Waals surface area contributed by atoms with Gasteiger partial charge in [0.1, 0.15) is 11.5 Å². The van der Waals surface area contributed by atoms with Crippen molar-refractivity contribution in [2.24, 2.45) is 0 Å². The quantitative estimate of drug-likeness (QED) is 0.514. The highest BCUT2D eigenvalue weighted by atomic mass is 35.5. The van der Waals surface area contributed by atoms with E-state index in [0.29, 0.717) is 16.5 Å². The van der Waals surface area contributed by atoms with E-state index in [0.717, 1.165) is 0 Å². The summed E-state index contributed by atoms with van der Waals surface area (Å²) in [6.45, 7) is 0. The molecule has 1 aromatic heterocycles. The number of nitrogens with one attached hydrogen (secondary N) is 1. The molecule has 26 heavy (non-hydrogen) atoms. The summed E-state index contributed by atoms with van der Waals surface area (Å²) in [5.41, 5.74) is 0.497. The third kappa shape index (κ3) is 3.52.